The average molecular weight is 312 g/mol. The number of nitrogens with zero attached hydrogens (tertiary/aromatic N) is 1. The summed E-state index contributed by atoms with van der Waals surface area (Å²) in [6, 6.07) is 0.373. The van der Waals surface area contributed by atoms with Crippen LogP contribution in [0, 0.1) is 0 Å². The Morgan fingerprint density at radius 3 is 2.53 bits per heavy atom. The van der Waals surface area contributed by atoms with Crippen LogP contribution < -0.4 is 10.6 Å². The van der Waals surface area contributed by atoms with Gasteiger partial charge < -0.3 is 10.6 Å². The van der Waals surface area contributed by atoms with Crippen molar-refractivity contribution in [2.75, 3.05) is 33.2 Å². The number of carbonyl (C=O) groups excluding carboxylic acids is 1. The third kappa shape index (κ3) is 9.27. The minimum atomic E-state index is 0. The third-order valence-electron chi connectivity index (χ3n) is 3.17. The van der Waals surface area contributed by atoms with Crippen LogP contribution in [0.3, 0.4) is 0 Å². The van der Waals surface area contributed by atoms with E-state index in [1.807, 2.05) is 13.1 Å². The van der Waals surface area contributed by atoms with E-state index in [0.29, 0.717) is 12.5 Å². The number of halogens is 2. The second-order valence-corrected chi connectivity index (χ2v) is 4.64. The molecule has 6 heteroatoms. The highest BCUT2D eigenvalue weighted by Gasteiger charge is 2.19. The lowest BCUT2D eigenvalue weighted by atomic mass is 10.0. The van der Waals surface area contributed by atoms with Gasteiger partial charge in [-0.2, -0.15) is 0 Å². The molecule has 0 aliphatic carbocycles. The van der Waals surface area contributed by atoms with Gasteiger partial charge >= 0.3 is 0 Å². The van der Waals surface area contributed by atoms with E-state index in [1.54, 1.807) is 0 Å². The van der Waals surface area contributed by atoms with Crippen LogP contribution >= 0.6 is 24.8 Å². The zero-order valence-corrected chi connectivity index (χ0v) is 13.3. The van der Waals surface area contributed by atoms with Crippen molar-refractivity contribution in [3.05, 3.63) is 12.7 Å². The van der Waals surface area contributed by atoms with Crippen molar-refractivity contribution in [2.45, 2.75) is 31.7 Å². The molecule has 0 saturated carbocycles. The maximum atomic E-state index is 11.6. The van der Waals surface area contributed by atoms with Gasteiger partial charge in [0.1, 0.15) is 0 Å². The van der Waals surface area contributed by atoms with E-state index in [1.165, 1.54) is 0 Å². The molecular weight excluding hydrogens is 285 g/mol. The summed E-state index contributed by atoms with van der Waals surface area (Å²) in [4.78, 5) is 14.0. The van der Waals surface area contributed by atoms with Crippen molar-refractivity contribution in [3.8, 4) is 0 Å². The first kappa shape index (κ1) is 21.0. The van der Waals surface area contributed by atoms with Gasteiger partial charge in [-0.1, -0.05) is 6.08 Å². The van der Waals surface area contributed by atoms with Gasteiger partial charge in [0.25, 0.3) is 0 Å². The van der Waals surface area contributed by atoms with Crippen LogP contribution in [0.5, 0.6) is 0 Å². The number of nitrogens with one attached hydrogen (secondary N) is 2. The molecule has 0 radical (unpaired) electrons. The monoisotopic (exact) mass is 311 g/mol. The fourth-order valence-electron chi connectivity index (χ4n) is 2.17. The summed E-state index contributed by atoms with van der Waals surface area (Å²) in [5, 5.41) is 6.17. The SMILES string of the molecule is C=CCN1CCC(NC(=O)CCCNC)CC1.Cl.Cl. The van der Waals surface area contributed by atoms with E-state index in [9.17, 15) is 4.79 Å². The molecule has 0 spiro atoms. The Balaban J connectivity index is 0. The lowest BCUT2D eigenvalue weighted by Crippen LogP contribution is -2.44. The molecule has 1 aliphatic heterocycles. The number of hydrogen-bond donors (Lipinski definition) is 2. The topological polar surface area (TPSA) is 44.4 Å². The van der Waals surface area contributed by atoms with Crippen LogP contribution in [0.1, 0.15) is 25.7 Å². The molecule has 0 bridgehead atoms. The molecule has 114 valence electrons. The number of piperidine rings is 1. The van der Waals surface area contributed by atoms with Crippen molar-refractivity contribution in [1.29, 1.82) is 0 Å². The van der Waals surface area contributed by atoms with E-state index in [4.69, 9.17) is 0 Å². The van der Waals surface area contributed by atoms with Crippen molar-refractivity contribution < 1.29 is 4.79 Å². The fraction of sp³-hybridized carbons (Fsp3) is 0.769. The summed E-state index contributed by atoms with van der Waals surface area (Å²) in [5.74, 6) is 0.197. The first-order valence-corrected chi connectivity index (χ1v) is 6.53. The molecule has 0 aromatic rings. The van der Waals surface area contributed by atoms with Crippen LogP contribution in [0.2, 0.25) is 0 Å². The van der Waals surface area contributed by atoms with Crippen LogP contribution in [0.15, 0.2) is 12.7 Å². The predicted molar refractivity (Wildman–Crippen MR) is 85.5 cm³/mol. The largest absolute Gasteiger partial charge is 0.353 e. The lowest BCUT2D eigenvalue weighted by molar-refractivity contribution is -0.122. The van der Waals surface area contributed by atoms with Crippen molar-refractivity contribution in [3.63, 3.8) is 0 Å². The average Bonchev–Trinajstić information content (AvgIpc) is 2.32. The van der Waals surface area contributed by atoms with E-state index in [2.05, 4.69) is 22.1 Å². The summed E-state index contributed by atoms with van der Waals surface area (Å²) >= 11 is 0. The van der Waals surface area contributed by atoms with Gasteiger partial charge in [-0.05, 0) is 32.9 Å². The molecule has 1 heterocycles. The normalized spacial score (nSPS) is 16.1. The molecule has 2 N–H and O–H groups in total. The van der Waals surface area contributed by atoms with Crippen LogP contribution in [0.4, 0.5) is 0 Å². The smallest absolute Gasteiger partial charge is 0.220 e. The molecule has 0 aromatic heterocycles. The summed E-state index contributed by atoms with van der Waals surface area (Å²) in [5.41, 5.74) is 0. The number of hydrogen-bond acceptors (Lipinski definition) is 3. The Hall–Kier alpha value is -0.290. The Labute approximate surface area is 129 Å². The summed E-state index contributed by atoms with van der Waals surface area (Å²) in [6.07, 6.45) is 5.61. The van der Waals surface area contributed by atoms with Gasteiger partial charge in [-0.3, -0.25) is 9.69 Å². The zero-order valence-electron chi connectivity index (χ0n) is 11.7. The summed E-state index contributed by atoms with van der Waals surface area (Å²) in [6.45, 7) is 7.74. The Bertz CT molecular complexity index is 244. The highest BCUT2D eigenvalue weighted by Crippen LogP contribution is 2.10. The van der Waals surface area contributed by atoms with E-state index in [0.717, 1.165) is 45.4 Å². The zero-order chi connectivity index (χ0) is 12.5. The van der Waals surface area contributed by atoms with Gasteiger partial charge in [0.2, 0.25) is 5.91 Å². The summed E-state index contributed by atoms with van der Waals surface area (Å²) < 4.78 is 0. The number of carbonyl (C=O) groups is 1. The molecule has 0 atom stereocenters. The van der Waals surface area contributed by atoms with Gasteiger partial charge in [-0.25, -0.2) is 0 Å². The molecule has 0 aromatic carbocycles. The van der Waals surface area contributed by atoms with Crippen molar-refractivity contribution in [1.82, 2.24) is 15.5 Å². The van der Waals surface area contributed by atoms with Crippen LogP contribution in [-0.2, 0) is 4.79 Å². The molecule has 1 fully saturated rings. The molecule has 4 nitrogen and oxygen atoms in total. The first-order valence-electron chi connectivity index (χ1n) is 6.53. The highest BCUT2D eigenvalue weighted by molar-refractivity contribution is 5.85. The number of rotatable bonds is 7. The fourth-order valence-corrected chi connectivity index (χ4v) is 2.17. The second-order valence-electron chi connectivity index (χ2n) is 4.64. The Kier molecular flexibility index (Phi) is 14.1. The van der Waals surface area contributed by atoms with E-state index >= 15 is 0 Å². The predicted octanol–water partition coefficient (Wildman–Crippen LogP) is 1.60. The standard InChI is InChI=1S/C13H25N3O.2ClH/c1-3-9-16-10-6-12(7-11-16)15-13(17)5-4-8-14-2;;/h3,12,14H,1,4-11H2,2H3,(H,15,17);2*1H. The van der Waals surface area contributed by atoms with E-state index < -0.39 is 0 Å². The molecular formula is C13H27Cl2N3O. The van der Waals surface area contributed by atoms with Gasteiger partial charge in [-0.15, -0.1) is 31.4 Å². The summed E-state index contributed by atoms with van der Waals surface area (Å²) in [7, 11) is 1.91. The van der Waals surface area contributed by atoms with Crippen LogP contribution in [-0.4, -0.2) is 50.1 Å². The first-order chi connectivity index (χ1) is 8.26. The molecule has 1 rings (SSSR count). The second kappa shape index (κ2) is 12.7. The molecule has 19 heavy (non-hydrogen) atoms. The third-order valence-corrected chi connectivity index (χ3v) is 3.17. The molecule has 1 aliphatic rings. The van der Waals surface area contributed by atoms with Crippen molar-refractivity contribution in [2.24, 2.45) is 0 Å². The van der Waals surface area contributed by atoms with Gasteiger partial charge in [0.05, 0.1) is 0 Å². The molecule has 1 saturated heterocycles. The number of amides is 1. The molecule has 1 amide bonds. The van der Waals surface area contributed by atoms with Crippen molar-refractivity contribution >= 4 is 30.7 Å². The quantitative estimate of drug-likeness (QED) is 0.554. The highest BCUT2D eigenvalue weighted by atomic mass is 35.5. The molecule has 0 unspecified atom stereocenters. The van der Waals surface area contributed by atoms with Gasteiger partial charge in [0.15, 0.2) is 0 Å². The van der Waals surface area contributed by atoms with Gasteiger partial charge in [0, 0.05) is 32.1 Å². The maximum absolute atomic E-state index is 11.6. The number of likely N-dealkylation sites (tertiary alicyclic amines) is 1. The van der Waals surface area contributed by atoms with E-state index in [-0.39, 0.29) is 30.7 Å². The maximum Gasteiger partial charge on any atom is 0.220 e. The lowest BCUT2D eigenvalue weighted by Gasteiger charge is -2.31. The Morgan fingerprint density at radius 2 is 2.00 bits per heavy atom. The minimum Gasteiger partial charge on any atom is -0.353 e. The minimum absolute atomic E-state index is 0. The Morgan fingerprint density at radius 1 is 1.37 bits per heavy atom. The van der Waals surface area contributed by atoms with Crippen LogP contribution in [0.25, 0.3) is 0 Å².